The lowest BCUT2D eigenvalue weighted by molar-refractivity contribution is 1.32. The van der Waals surface area contributed by atoms with Crippen molar-refractivity contribution in [2.24, 2.45) is 4.99 Å². The maximum atomic E-state index is 6.06. The van der Waals surface area contributed by atoms with Crippen molar-refractivity contribution < 1.29 is 0 Å². The Kier molecular flexibility index (Phi) is 3.54. The molecule has 2 rings (SSSR count). The molecule has 0 aliphatic heterocycles. The maximum absolute atomic E-state index is 6.06. The van der Waals surface area contributed by atoms with E-state index in [1.54, 1.807) is 36.7 Å². The second-order valence-corrected chi connectivity index (χ2v) is 3.92. The van der Waals surface area contributed by atoms with Crippen LogP contribution < -0.4 is 0 Å². The van der Waals surface area contributed by atoms with Crippen LogP contribution >= 0.6 is 23.2 Å². The molecule has 0 aliphatic carbocycles. The predicted octanol–water partition coefficient (Wildman–Crippen LogP) is 4.05. The summed E-state index contributed by atoms with van der Waals surface area (Å²) in [5.41, 5.74) is 1.55. The minimum atomic E-state index is 0.412. The van der Waals surface area contributed by atoms with Crippen molar-refractivity contribution in [2.45, 2.75) is 0 Å². The Bertz CT molecular complexity index is 492. The van der Waals surface area contributed by atoms with Crippen LogP contribution in [0.2, 0.25) is 5.02 Å². The van der Waals surface area contributed by atoms with E-state index in [1.165, 1.54) is 0 Å². The van der Waals surface area contributed by atoms with Crippen LogP contribution in [0, 0.1) is 0 Å². The summed E-state index contributed by atoms with van der Waals surface area (Å²) in [7, 11) is 0. The summed E-state index contributed by atoms with van der Waals surface area (Å²) in [4.78, 5) is 8.23. The van der Waals surface area contributed by atoms with Crippen molar-refractivity contribution in [2.75, 3.05) is 0 Å². The smallest absolute Gasteiger partial charge is 0.138 e. The fourth-order valence-corrected chi connectivity index (χ4v) is 1.51. The summed E-state index contributed by atoms with van der Waals surface area (Å²) in [6.45, 7) is 0. The molecule has 0 bridgehead atoms. The molecule has 0 unspecified atom stereocenters. The third-order valence-corrected chi connectivity index (χ3v) is 2.51. The lowest BCUT2D eigenvalue weighted by Gasteiger charge is -1.98. The molecule has 80 valence electrons. The van der Waals surface area contributed by atoms with Gasteiger partial charge in [0, 0.05) is 23.0 Å². The highest BCUT2D eigenvalue weighted by Gasteiger charge is 1.99. The van der Waals surface area contributed by atoms with E-state index in [0.29, 0.717) is 10.2 Å². The maximum Gasteiger partial charge on any atom is 0.138 e. The normalized spacial score (nSPS) is 11.5. The number of rotatable bonds is 2. The second kappa shape index (κ2) is 5.10. The molecular weight excluding hydrogens is 243 g/mol. The molecule has 1 heterocycles. The van der Waals surface area contributed by atoms with Gasteiger partial charge in [0.2, 0.25) is 0 Å². The highest BCUT2D eigenvalue weighted by atomic mass is 35.5. The van der Waals surface area contributed by atoms with Gasteiger partial charge in [-0.05, 0) is 36.4 Å². The molecule has 16 heavy (non-hydrogen) atoms. The van der Waals surface area contributed by atoms with Gasteiger partial charge in [0.25, 0.3) is 0 Å². The first-order valence-corrected chi connectivity index (χ1v) is 5.41. The van der Waals surface area contributed by atoms with Crippen LogP contribution in [-0.2, 0) is 0 Å². The fraction of sp³-hybridized carbons (Fsp3) is 0. The van der Waals surface area contributed by atoms with E-state index in [2.05, 4.69) is 9.98 Å². The Morgan fingerprint density at radius 1 is 1.12 bits per heavy atom. The number of benzene rings is 1. The number of hydrogen-bond acceptors (Lipinski definition) is 2. The molecule has 0 atom stereocenters. The van der Waals surface area contributed by atoms with Crippen molar-refractivity contribution in [3.63, 3.8) is 0 Å². The molecule has 0 N–H and O–H groups in total. The van der Waals surface area contributed by atoms with E-state index in [9.17, 15) is 0 Å². The molecule has 4 heteroatoms. The summed E-state index contributed by atoms with van der Waals surface area (Å²) in [5, 5.41) is 1.09. The van der Waals surface area contributed by atoms with E-state index < -0.39 is 0 Å². The molecule has 1 aromatic heterocycles. The number of pyridine rings is 1. The molecule has 1 aromatic carbocycles. The van der Waals surface area contributed by atoms with Gasteiger partial charge in [0.15, 0.2) is 0 Å². The molecular formula is C12H8Cl2N2. The number of aliphatic imine (C=N–C) groups is 1. The Labute approximate surface area is 104 Å². The largest absolute Gasteiger partial charge is 0.264 e. The third kappa shape index (κ3) is 2.81. The van der Waals surface area contributed by atoms with Crippen LogP contribution in [0.15, 0.2) is 53.8 Å². The first-order chi connectivity index (χ1) is 7.75. The highest BCUT2D eigenvalue weighted by molar-refractivity contribution is 6.69. The van der Waals surface area contributed by atoms with Crippen molar-refractivity contribution in [1.82, 2.24) is 4.98 Å². The van der Waals surface area contributed by atoms with Gasteiger partial charge in [0.05, 0.1) is 5.69 Å². The monoisotopic (exact) mass is 250 g/mol. The summed E-state index contributed by atoms with van der Waals surface area (Å²) < 4.78 is 0. The van der Waals surface area contributed by atoms with Gasteiger partial charge < -0.3 is 0 Å². The van der Waals surface area contributed by atoms with Crippen LogP contribution in [0.1, 0.15) is 5.56 Å². The minimum absolute atomic E-state index is 0.412. The molecule has 0 saturated carbocycles. The average Bonchev–Trinajstić information content (AvgIpc) is 2.33. The van der Waals surface area contributed by atoms with Gasteiger partial charge >= 0.3 is 0 Å². The average molecular weight is 251 g/mol. The van der Waals surface area contributed by atoms with Crippen molar-refractivity contribution >= 4 is 34.1 Å². The van der Waals surface area contributed by atoms with E-state index >= 15 is 0 Å². The van der Waals surface area contributed by atoms with Crippen LogP contribution in [0.4, 0.5) is 5.69 Å². The summed E-state index contributed by atoms with van der Waals surface area (Å²) in [5.74, 6) is 0. The summed E-state index contributed by atoms with van der Waals surface area (Å²) >= 11 is 11.8. The standard InChI is InChI=1S/C12H8Cl2N2/c13-10-3-5-11(6-4-10)16-12(14)9-2-1-7-15-8-9/h1-8H. The second-order valence-electron chi connectivity index (χ2n) is 3.12. The lowest BCUT2D eigenvalue weighted by atomic mass is 10.3. The van der Waals surface area contributed by atoms with Gasteiger partial charge in [-0.25, -0.2) is 4.99 Å². The Balaban J connectivity index is 2.28. The van der Waals surface area contributed by atoms with Crippen LogP contribution in [-0.4, -0.2) is 10.2 Å². The SMILES string of the molecule is ClC(=Nc1ccc(Cl)cc1)c1cccnc1. The molecule has 2 nitrogen and oxygen atoms in total. The zero-order valence-electron chi connectivity index (χ0n) is 8.27. The Morgan fingerprint density at radius 3 is 2.50 bits per heavy atom. The molecule has 0 saturated heterocycles. The molecule has 2 aromatic rings. The predicted molar refractivity (Wildman–Crippen MR) is 67.7 cm³/mol. The van der Waals surface area contributed by atoms with Gasteiger partial charge in [-0.2, -0.15) is 0 Å². The number of aromatic nitrogens is 1. The van der Waals surface area contributed by atoms with Gasteiger partial charge in [-0.1, -0.05) is 23.2 Å². The number of nitrogens with zero attached hydrogens (tertiary/aromatic N) is 2. The van der Waals surface area contributed by atoms with E-state index in [1.807, 2.05) is 12.1 Å². The lowest BCUT2D eigenvalue weighted by Crippen LogP contribution is -1.90. The molecule has 0 radical (unpaired) electrons. The van der Waals surface area contributed by atoms with E-state index in [-0.39, 0.29) is 0 Å². The number of hydrogen-bond donors (Lipinski definition) is 0. The van der Waals surface area contributed by atoms with Crippen molar-refractivity contribution in [3.05, 3.63) is 59.4 Å². The van der Waals surface area contributed by atoms with Crippen molar-refractivity contribution in [1.29, 1.82) is 0 Å². The van der Waals surface area contributed by atoms with Gasteiger partial charge in [-0.15, -0.1) is 0 Å². The first kappa shape index (κ1) is 11.1. The Morgan fingerprint density at radius 2 is 1.88 bits per heavy atom. The zero-order valence-corrected chi connectivity index (χ0v) is 9.78. The van der Waals surface area contributed by atoms with E-state index in [4.69, 9.17) is 23.2 Å². The Hall–Kier alpha value is -1.38. The van der Waals surface area contributed by atoms with Gasteiger partial charge in [0.1, 0.15) is 5.17 Å². The molecule has 0 aliphatic rings. The van der Waals surface area contributed by atoms with Gasteiger partial charge in [-0.3, -0.25) is 4.98 Å². The summed E-state index contributed by atoms with van der Waals surface area (Å²) in [6.07, 6.45) is 3.36. The van der Waals surface area contributed by atoms with Crippen LogP contribution in [0.3, 0.4) is 0 Å². The molecule has 0 spiro atoms. The fourth-order valence-electron chi connectivity index (χ4n) is 1.18. The van der Waals surface area contributed by atoms with E-state index in [0.717, 1.165) is 11.3 Å². The molecule has 0 fully saturated rings. The highest BCUT2D eigenvalue weighted by Crippen LogP contribution is 2.18. The molecule has 0 amide bonds. The van der Waals surface area contributed by atoms with Crippen LogP contribution in [0.25, 0.3) is 0 Å². The van der Waals surface area contributed by atoms with Crippen molar-refractivity contribution in [3.8, 4) is 0 Å². The minimum Gasteiger partial charge on any atom is -0.264 e. The first-order valence-electron chi connectivity index (χ1n) is 4.66. The zero-order chi connectivity index (χ0) is 11.4. The van der Waals surface area contributed by atoms with Crippen LogP contribution in [0.5, 0.6) is 0 Å². The quantitative estimate of drug-likeness (QED) is 0.739. The summed E-state index contributed by atoms with van der Waals surface area (Å²) in [6, 6.07) is 10.8. The topological polar surface area (TPSA) is 25.2 Å². The third-order valence-electron chi connectivity index (χ3n) is 1.95. The number of halogens is 2.